The monoisotopic (exact) mass is 315 g/mol. The lowest BCUT2D eigenvalue weighted by Crippen LogP contribution is -2.04. The van der Waals surface area contributed by atoms with Crippen molar-refractivity contribution in [2.75, 3.05) is 7.11 Å². The molecule has 0 saturated heterocycles. The quantitative estimate of drug-likeness (QED) is 0.806. The molecule has 2 aromatic rings. The highest BCUT2D eigenvalue weighted by molar-refractivity contribution is 7.09. The zero-order chi connectivity index (χ0) is 13.8. The topological polar surface area (TPSA) is 39.2 Å². The molecule has 0 saturated carbocycles. The first kappa shape index (κ1) is 14.3. The van der Waals surface area contributed by atoms with Crippen LogP contribution in [0.2, 0.25) is 10.0 Å². The standard InChI is InChI=1S/C13H11Cl2NO2S/c1-18-13(17)5-8-7-19-12(16-8)6-9-10(14)3-2-4-11(9)15/h2-4,7H,5-6H2,1H3. The Balaban J connectivity index is 2.14. The van der Waals surface area contributed by atoms with Crippen molar-refractivity contribution in [3.63, 3.8) is 0 Å². The van der Waals surface area contributed by atoms with E-state index in [0.29, 0.717) is 22.2 Å². The van der Waals surface area contributed by atoms with Crippen molar-refractivity contribution in [3.8, 4) is 0 Å². The molecular weight excluding hydrogens is 305 g/mol. The summed E-state index contributed by atoms with van der Waals surface area (Å²) >= 11 is 13.7. The lowest BCUT2D eigenvalue weighted by molar-refractivity contribution is -0.139. The van der Waals surface area contributed by atoms with E-state index in [9.17, 15) is 4.79 Å². The summed E-state index contributed by atoms with van der Waals surface area (Å²) in [4.78, 5) is 15.5. The second-order valence-electron chi connectivity index (χ2n) is 3.86. The number of hydrogen-bond acceptors (Lipinski definition) is 4. The second-order valence-corrected chi connectivity index (χ2v) is 5.62. The number of rotatable bonds is 4. The van der Waals surface area contributed by atoms with Crippen molar-refractivity contribution in [3.05, 3.63) is 49.9 Å². The Morgan fingerprint density at radius 1 is 1.37 bits per heavy atom. The Hall–Kier alpha value is -1.10. The number of carbonyl (C=O) groups excluding carboxylic acids is 1. The van der Waals surface area contributed by atoms with Crippen LogP contribution in [-0.2, 0) is 22.4 Å². The van der Waals surface area contributed by atoms with Crippen molar-refractivity contribution >= 4 is 40.5 Å². The van der Waals surface area contributed by atoms with Crippen LogP contribution in [0.3, 0.4) is 0 Å². The van der Waals surface area contributed by atoms with Gasteiger partial charge in [-0.25, -0.2) is 4.98 Å². The Labute approximate surface area is 125 Å². The zero-order valence-corrected chi connectivity index (χ0v) is 12.5. The maximum atomic E-state index is 11.2. The van der Waals surface area contributed by atoms with Gasteiger partial charge in [-0.05, 0) is 17.7 Å². The first-order chi connectivity index (χ1) is 9.10. The van der Waals surface area contributed by atoms with Crippen LogP contribution in [-0.4, -0.2) is 18.1 Å². The molecule has 0 N–H and O–H groups in total. The second kappa shape index (κ2) is 6.37. The van der Waals surface area contributed by atoms with Gasteiger partial charge in [0.25, 0.3) is 0 Å². The number of carbonyl (C=O) groups is 1. The van der Waals surface area contributed by atoms with Gasteiger partial charge in [0.15, 0.2) is 0 Å². The Morgan fingerprint density at radius 3 is 2.68 bits per heavy atom. The minimum Gasteiger partial charge on any atom is -0.469 e. The van der Waals surface area contributed by atoms with Gasteiger partial charge in [-0.15, -0.1) is 11.3 Å². The van der Waals surface area contributed by atoms with Crippen molar-refractivity contribution in [2.24, 2.45) is 0 Å². The fraction of sp³-hybridized carbons (Fsp3) is 0.231. The summed E-state index contributed by atoms with van der Waals surface area (Å²) in [5, 5.41) is 3.96. The van der Waals surface area contributed by atoms with E-state index in [0.717, 1.165) is 10.6 Å². The summed E-state index contributed by atoms with van der Waals surface area (Å²) in [6.07, 6.45) is 0.744. The highest BCUT2D eigenvalue weighted by Gasteiger charge is 2.11. The number of aromatic nitrogens is 1. The third-order valence-electron chi connectivity index (χ3n) is 2.54. The molecule has 0 bridgehead atoms. The van der Waals surface area contributed by atoms with Gasteiger partial charge in [0.2, 0.25) is 0 Å². The lowest BCUT2D eigenvalue weighted by Gasteiger charge is -2.04. The lowest BCUT2D eigenvalue weighted by atomic mass is 10.1. The molecule has 0 spiro atoms. The predicted octanol–water partition coefficient (Wildman–Crippen LogP) is 3.76. The molecule has 0 unspecified atom stereocenters. The molecule has 0 amide bonds. The maximum Gasteiger partial charge on any atom is 0.311 e. The van der Waals surface area contributed by atoms with Crippen LogP contribution in [0, 0.1) is 0 Å². The van der Waals surface area contributed by atoms with Crippen LogP contribution in [0.1, 0.15) is 16.3 Å². The van der Waals surface area contributed by atoms with Gasteiger partial charge in [0.05, 0.1) is 24.2 Å². The van der Waals surface area contributed by atoms with E-state index in [1.165, 1.54) is 18.4 Å². The average Bonchev–Trinajstić information content (AvgIpc) is 2.81. The van der Waals surface area contributed by atoms with Crippen molar-refractivity contribution < 1.29 is 9.53 Å². The number of thiazole rings is 1. The maximum absolute atomic E-state index is 11.2. The summed E-state index contributed by atoms with van der Waals surface area (Å²) in [5.74, 6) is -0.298. The van der Waals surface area contributed by atoms with Crippen molar-refractivity contribution in [1.82, 2.24) is 4.98 Å². The van der Waals surface area contributed by atoms with Crippen LogP contribution in [0.15, 0.2) is 23.6 Å². The van der Waals surface area contributed by atoms with Crippen LogP contribution < -0.4 is 0 Å². The van der Waals surface area contributed by atoms with Crippen LogP contribution in [0.5, 0.6) is 0 Å². The minimum atomic E-state index is -0.298. The summed E-state index contributed by atoms with van der Waals surface area (Å²) < 4.78 is 4.60. The van der Waals surface area contributed by atoms with E-state index in [-0.39, 0.29) is 12.4 Å². The normalized spacial score (nSPS) is 10.5. The molecule has 2 rings (SSSR count). The van der Waals surface area contributed by atoms with Gasteiger partial charge in [0, 0.05) is 21.8 Å². The first-order valence-electron chi connectivity index (χ1n) is 5.53. The zero-order valence-electron chi connectivity index (χ0n) is 10.2. The van der Waals surface area contributed by atoms with Gasteiger partial charge in [0.1, 0.15) is 0 Å². The highest BCUT2D eigenvalue weighted by Crippen LogP contribution is 2.27. The summed E-state index contributed by atoms with van der Waals surface area (Å²) in [6, 6.07) is 5.40. The molecule has 0 aliphatic rings. The fourth-order valence-electron chi connectivity index (χ4n) is 1.58. The molecule has 0 atom stereocenters. The van der Waals surface area contributed by atoms with E-state index in [4.69, 9.17) is 23.2 Å². The molecule has 1 aromatic heterocycles. The van der Waals surface area contributed by atoms with Gasteiger partial charge in [-0.3, -0.25) is 4.79 Å². The highest BCUT2D eigenvalue weighted by atomic mass is 35.5. The van der Waals surface area contributed by atoms with Gasteiger partial charge >= 0.3 is 5.97 Å². The first-order valence-corrected chi connectivity index (χ1v) is 7.16. The van der Waals surface area contributed by atoms with E-state index in [2.05, 4.69) is 9.72 Å². The Bertz CT molecular complexity index is 578. The Morgan fingerprint density at radius 2 is 2.05 bits per heavy atom. The van der Waals surface area contributed by atoms with Crippen LogP contribution in [0.4, 0.5) is 0 Å². The number of methoxy groups -OCH3 is 1. The van der Waals surface area contributed by atoms with Crippen molar-refractivity contribution in [2.45, 2.75) is 12.8 Å². The summed E-state index contributed by atoms with van der Waals surface area (Å²) in [6.45, 7) is 0. The van der Waals surface area contributed by atoms with Crippen molar-refractivity contribution in [1.29, 1.82) is 0 Å². The molecule has 1 heterocycles. The van der Waals surface area contributed by atoms with E-state index in [1.54, 1.807) is 18.2 Å². The largest absolute Gasteiger partial charge is 0.469 e. The summed E-state index contributed by atoms with van der Waals surface area (Å²) in [7, 11) is 1.36. The molecule has 0 fully saturated rings. The average molecular weight is 316 g/mol. The number of esters is 1. The molecule has 0 aliphatic heterocycles. The molecule has 1 aromatic carbocycles. The van der Waals surface area contributed by atoms with Gasteiger partial charge in [-0.2, -0.15) is 0 Å². The van der Waals surface area contributed by atoms with E-state index < -0.39 is 0 Å². The number of hydrogen-bond donors (Lipinski definition) is 0. The number of nitrogens with zero attached hydrogens (tertiary/aromatic N) is 1. The molecule has 3 nitrogen and oxygen atoms in total. The fourth-order valence-corrected chi connectivity index (χ4v) is 2.92. The minimum absolute atomic E-state index is 0.184. The summed E-state index contributed by atoms with van der Waals surface area (Å²) in [5.41, 5.74) is 1.56. The molecule has 19 heavy (non-hydrogen) atoms. The molecule has 100 valence electrons. The third-order valence-corrected chi connectivity index (χ3v) is 4.15. The van der Waals surface area contributed by atoms with Crippen LogP contribution in [0.25, 0.3) is 0 Å². The SMILES string of the molecule is COC(=O)Cc1csc(Cc2c(Cl)cccc2Cl)n1. The third kappa shape index (κ3) is 3.69. The Kier molecular flexibility index (Phi) is 4.80. The molecule has 0 radical (unpaired) electrons. The smallest absolute Gasteiger partial charge is 0.311 e. The molecular formula is C13H11Cl2NO2S. The predicted molar refractivity (Wildman–Crippen MR) is 77.1 cm³/mol. The van der Waals surface area contributed by atoms with Gasteiger partial charge < -0.3 is 4.74 Å². The number of ether oxygens (including phenoxy) is 1. The molecule has 6 heteroatoms. The van der Waals surface area contributed by atoms with Gasteiger partial charge in [-0.1, -0.05) is 29.3 Å². The van der Waals surface area contributed by atoms with Crippen LogP contribution >= 0.6 is 34.5 Å². The molecule has 0 aliphatic carbocycles. The number of benzene rings is 1. The van der Waals surface area contributed by atoms with E-state index in [1.807, 2.05) is 5.38 Å². The van der Waals surface area contributed by atoms with E-state index >= 15 is 0 Å². The number of halogens is 2.